The summed E-state index contributed by atoms with van der Waals surface area (Å²) in [6, 6.07) is 11.4. The van der Waals surface area contributed by atoms with E-state index in [1.807, 2.05) is 30.3 Å². The summed E-state index contributed by atoms with van der Waals surface area (Å²) < 4.78 is 1.01. The third-order valence-corrected chi connectivity index (χ3v) is 5.02. The summed E-state index contributed by atoms with van der Waals surface area (Å²) in [6.45, 7) is 1.03. The first kappa shape index (κ1) is 16.5. The fourth-order valence-electron chi connectivity index (χ4n) is 2.90. The number of aryl methyl sites for hydroxylation is 1. The standard InChI is InChI=1S/C18H16BrN3O2/c19-15-4-2-1-3-12(15)5-6-17(23)22-8-7-16-14(11-22)9-13(10-20)18(24)21-16/h1-4,9H,5-8,11H2,(H,21,24). The molecule has 1 aliphatic rings. The molecule has 0 radical (unpaired) electrons. The summed E-state index contributed by atoms with van der Waals surface area (Å²) in [5.74, 6) is 0.0844. The molecule has 0 aliphatic carbocycles. The molecule has 6 heteroatoms. The summed E-state index contributed by atoms with van der Waals surface area (Å²) in [5.41, 5.74) is 2.53. The fourth-order valence-corrected chi connectivity index (χ4v) is 3.39. The number of carbonyl (C=O) groups excluding carboxylic acids is 1. The van der Waals surface area contributed by atoms with Gasteiger partial charge < -0.3 is 9.88 Å². The van der Waals surface area contributed by atoms with Crippen molar-refractivity contribution >= 4 is 21.8 Å². The molecule has 0 fully saturated rings. The molecule has 0 saturated carbocycles. The Balaban J connectivity index is 1.69. The van der Waals surface area contributed by atoms with Gasteiger partial charge in [-0.1, -0.05) is 34.1 Å². The molecule has 0 unspecified atom stereocenters. The van der Waals surface area contributed by atoms with Crippen molar-refractivity contribution in [3.63, 3.8) is 0 Å². The number of H-pyrrole nitrogens is 1. The minimum absolute atomic E-state index is 0.0844. The van der Waals surface area contributed by atoms with E-state index in [2.05, 4.69) is 20.9 Å². The lowest BCUT2D eigenvalue weighted by Crippen LogP contribution is -2.37. The molecule has 122 valence electrons. The zero-order valence-corrected chi connectivity index (χ0v) is 14.6. The molecular weight excluding hydrogens is 370 g/mol. The van der Waals surface area contributed by atoms with Crippen molar-refractivity contribution < 1.29 is 4.79 Å². The Morgan fingerprint density at radius 3 is 2.92 bits per heavy atom. The molecule has 5 nitrogen and oxygen atoms in total. The Bertz CT molecular complexity index is 883. The van der Waals surface area contributed by atoms with E-state index in [-0.39, 0.29) is 17.0 Å². The third kappa shape index (κ3) is 3.41. The molecule has 1 aromatic carbocycles. The van der Waals surface area contributed by atoms with Crippen LogP contribution < -0.4 is 5.56 Å². The SMILES string of the molecule is N#Cc1cc2c([nH]c1=O)CCN(C(=O)CCc1ccccc1Br)C2. The van der Waals surface area contributed by atoms with Gasteiger partial charge in [-0.3, -0.25) is 9.59 Å². The number of rotatable bonds is 3. The van der Waals surface area contributed by atoms with E-state index in [0.717, 1.165) is 21.3 Å². The van der Waals surface area contributed by atoms with E-state index in [0.29, 0.717) is 32.4 Å². The van der Waals surface area contributed by atoms with Crippen LogP contribution in [0.25, 0.3) is 0 Å². The number of fused-ring (bicyclic) bond motifs is 1. The quantitative estimate of drug-likeness (QED) is 0.881. The molecule has 2 aromatic rings. The molecule has 1 amide bonds. The normalized spacial score (nSPS) is 13.2. The summed E-state index contributed by atoms with van der Waals surface area (Å²) in [5, 5.41) is 8.98. The zero-order valence-electron chi connectivity index (χ0n) is 13.0. The Morgan fingerprint density at radius 2 is 2.17 bits per heavy atom. The van der Waals surface area contributed by atoms with Gasteiger partial charge in [0.15, 0.2) is 0 Å². The second-order valence-electron chi connectivity index (χ2n) is 5.78. The Kier molecular flexibility index (Phi) is 4.81. The van der Waals surface area contributed by atoms with Gasteiger partial charge in [-0.2, -0.15) is 5.26 Å². The van der Waals surface area contributed by atoms with E-state index in [4.69, 9.17) is 5.26 Å². The molecule has 3 rings (SSSR count). The van der Waals surface area contributed by atoms with E-state index in [1.165, 1.54) is 0 Å². The monoisotopic (exact) mass is 385 g/mol. The molecule has 0 saturated heterocycles. The smallest absolute Gasteiger partial charge is 0.266 e. The predicted molar refractivity (Wildman–Crippen MR) is 93.4 cm³/mol. The van der Waals surface area contributed by atoms with Crippen molar-refractivity contribution in [2.24, 2.45) is 0 Å². The van der Waals surface area contributed by atoms with Gasteiger partial charge in [-0.05, 0) is 29.7 Å². The van der Waals surface area contributed by atoms with Crippen LogP contribution in [0, 0.1) is 11.3 Å². The number of nitrogens with one attached hydrogen (secondary N) is 1. The fraction of sp³-hybridized carbons (Fsp3) is 0.278. The number of nitriles is 1. The highest BCUT2D eigenvalue weighted by Crippen LogP contribution is 2.20. The van der Waals surface area contributed by atoms with E-state index in [1.54, 1.807) is 11.0 Å². The number of aromatic nitrogens is 1. The average molecular weight is 386 g/mol. The molecule has 2 heterocycles. The lowest BCUT2D eigenvalue weighted by molar-refractivity contribution is -0.132. The van der Waals surface area contributed by atoms with Gasteiger partial charge in [-0.25, -0.2) is 0 Å². The van der Waals surface area contributed by atoms with Crippen LogP contribution in [0.4, 0.5) is 0 Å². The highest BCUT2D eigenvalue weighted by Gasteiger charge is 2.22. The van der Waals surface area contributed by atoms with Crippen molar-refractivity contribution in [2.75, 3.05) is 6.54 Å². The number of hydrogen-bond acceptors (Lipinski definition) is 3. The first-order valence-corrected chi connectivity index (χ1v) is 8.54. The van der Waals surface area contributed by atoms with Gasteiger partial charge in [-0.15, -0.1) is 0 Å². The number of aromatic amines is 1. The van der Waals surface area contributed by atoms with Crippen LogP contribution in [0.2, 0.25) is 0 Å². The van der Waals surface area contributed by atoms with Crippen LogP contribution in [0.5, 0.6) is 0 Å². The van der Waals surface area contributed by atoms with E-state index >= 15 is 0 Å². The molecule has 0 bridgehead atoms. The van der Waals surface area contributed by atoms with Crippen molar-refractivity contribution in [3.8, 4) is 6.07 Å². The van der Waals surface area contributed by atoms with Gasteiger partial charge >= 0.3 is 0 Å². The first-order valence-electron chi connectivity index (χ1n) is 7.75. The number of pyridine rings is 1. The van der Waals surface area contributed by atoms with Gasteiger partial charge in [0, 0.05) is 36.1 Å². The molecule has 24 heavy (non-hydrogen) atoms. The lowest BCUT2D eigenvalue weighted by Gasteiger charge is -2.28. The largest absolute Gasteiger partial charge is 0.338 e. The van der Waals surface area contributed by atoms with Crippen molar-refractivity contribution in [2.45, 2.75) is 25.8 Å². The van der Waals surface area contributed by atoms with Crippen molar-refractivity contribution in [1.82, 2.24) is 9.88 Å². The van der Waals surface area contributed by atoms with Crippen LogP contribution in [0.15, 0.2) is 39.6 Å². The van der Waals surface area contributed by atoms with E-state index < -0.39 is 0 Å². The molecule has 1 N–H and O–H groups in total. The van der Waals surface area contributed by atoms with Crippen LogP contribution >= 0.6 is 15.9 Å². The van der Waals surface area contributed by atoms with Crippen LogP contribution in [-0.2, 0) is 24.2 Å². The second-order valence-corrected chi connectivity index (χ2v) is 6.64. The summed E-state index contributed by atoms with van der Waals surface area (Å²) in [4.78, 5) is 28.7. The summed E-state index contributed by atoms with van der Waals surface area (Å²) in [6.07, 6.45) is 1.72. The van der Waals surface area contributed by atoms with Gasteiger partial charge in [0.25, 0.3) is 5.56 Å². The number of amides is 1. The number of nitrogens with zero attached hydrogens (tertiary/aromatic N) is 2. The van der Waals surface area contributed by atoms with Crippen LogP contribution in [0.1, 0.15) is 28.8 Å². The Hall–Kier alpha value is -2.39. The summed E-state index contributed by atoms with van der Waals surface area (Å²) in [7, 11) is 0. The second kappa shape index (κ2) is 7.02. The molecule has 1 aliphatic heterocycles. The first-order chi connectivity index (χ1) is 11.6. The highest BCUT2D eigenvalue weighted by atomic mass is 79.9. The number of hydrogen-bond donors (Lipinski definition) is 1. The molecule has 0 spiro atoms. The number of carbonyl (C=O) groups is 1. The maximum absolute atomic E-state index is 12.5. The summed E-state index contributed by atoms with van der Waals surface area (Å²) >= 11 is 3.50. The average Bonchev–Trinajstić information content (AvgIpc) is 2.59. The van der Waals surface area contributed by atoms with E-state index in [9.17, 15) is 9.59 Å². The van der Waals surface area contributed by atoms with Crippen molar-refractivity contribution in [3.05, 3.63) is 67.5 Å². The van der Waals surface area contributed by atoms with Crippen LogP contribution in [-0.4, -0.2) is 22.3 Å². The van der Waals surface area contributed by atoms with Crippen molar-refractivity contribution in [1.29, 1.82) is 5.26 Å². The number of benzene rings is 1. The van der Waals surface area contributed by atoms with Gasteiger partial charge in [0.1, 0.15) is 11.6 Å². The Labute approximate surface area is 148 Å². The van der Waals surface area contributed by atoms with Gasteiger partial charge in [0.05, 0.1) is 0 Å². The molecule has 1 aromatic heterocycles. The lowest BCUT2D eigenvalue weighted by atomic mass is 10.0. The maximum Gasteiger partial charge on any atom is 0.266 e. The predicted octanol–water partition coefficient (Wildman–Crippen LogP) is 2.53. The van der Waals surface area contributed by atoms with Crippen LogP contribution in [0.3, 0.4) is 0 Å². The maximum atomic E-state index is 12.5. The zero-order chi connectivity index (χ0) is 17.1. The molecular formula is C18H16BrN3O2. The molecule has 0 atom stereocenters. The third-order valence-electron chi connectivity index (χ3n) is 4.25. The topological polar surface area (TPSA) is 77.0 Å². The van der Waals surface area contributed by atoms with Gasteiger partial charge in [0.2, 0.25) is 5.91 Å². The Morgan fingerprint density at radius 1 is 1.38 bits per heavy atom. The minimum atomic E-state index is -0.357. The highest BCUT2D eigenvalue weighted by molar-refractivity contribution is 9.10. The number of halogens is 1. The minimum Gasteiger partial charge on any atom is -0.338 e.